The number of aryl methyl sites for hydroxylation is 1. The molecule has 0 saturated carbocycles. The molecule has 1 aromatic carbocycles. The molecule has 0 bridgehead atoms. The van der Waals surface area contributed by atoms with E-state index in [1.165, 1.54) is 18.5 Å². The van der Waals surface area contributed by atoms with Crippen molar-refractivity contribution in [1.29, 1.82) is 0 Å². The maximum Gasteiger partial charge on any atom is 0.253 e. The number of anilines is 2. The molecule has 1 fully saturated rings. The van der Waals surface area contributed by atoms with Crippen molar-refractivity contribution in [2.75, 3.05) is 36.4 Å². The summed E-state index contributed by atoms with van der Waals surface area (Å²) in [7, 11) is 0. The molecule has 0 radical (unpaired) electrons. The first kappa shape index (κ1) is 16.4. The Morgan fingerprint density at radius 3 is 2.33 bits per heavy atom. The topological polar surface area (TPSA) is 78.4 Å². The summed E-state index contributed by atoms with van der Waals surface area (Å²) in [5.74, 6) is 0.669. The molecule has 2 amide bonds. The molecule has 0 spiro atoms. The second-order valence-electron chi connectivity index (χ2n) is 5.66. The van der Waals surface area contributed by atoms with E-state index in [1.54, 1.807) is 24.3 Å². The van der Waals surface area contributed by atoms with Crippen LogP contribution < -0.4 is 10.2 Å². The SMILES string of the molecule is CC(=O)Nc1ccc(C(=O)N2CCN(c3nc(C)ns3)CC2)cc1. The predicted molar refractivity (Wildman–Crippen MR) is 93.5 cm³/mol. The van der Waals surface area contributed by atoms with Gasteiger partial charge in [-0.15, -0.1) is 0 Å². The van der Waals surface area contributed by atoms with Gasteiger partial charge in [0.25, 0.3) is 5.91 Å². The minimum absolute atomic E-state index is 0.0115. The maximum absolute atomic E-state index is 12.6. The third-order valence-electron chi connectivity index (χ3n) is 3.81. The molecule has 1 aliphatic heterocycles. The molecule has 8 heteroatoms. The molecular formula is C16H19N5O2S. The van der Waals surface area contributed by atoms with Crippen LogP contribution in [-0.2, 0) is 4.79 Å². The first-order chi connectivity index (χ1) is 11.5. The number of piperazine rings is 1. The summed E-state index contributed by atoms with van der Waals surface area (Å²) in [6, 6.07) is 6.98. The molecule has 0 atom stereocenters. The van der Waals surface area contributed by atoms with Gasteiger partial charge in [0.2, 0.25) is 11.0 Å². The second kappa shape index (κ2) is 6.96. The van der Waals surface area contributed by atoms with Crippen molar-refractivity contribution in [1.82, 2.24) is 14.3 Å². The molecule has 0 aliphatic carbocycles. The van der Waals surface area contributed by atoms with Gasteiger partial charge in [-0.05, 0) is 31.2 Å². The van der Waals surface area contributed by atoms with Crippen LogP contribution in [0.25, 0.3) is 0 Å². The normalized spacial score (nSPS) is 14.6. The first-order valence-electron chi connectivity index (χ1n) is 7.75. The first-order valence-corrected chi connectivity index (χ1v) is 8.52. The van der Waals surface area contributed by atoms with Crippen LogP contribution in [0.2, 0.25) is 0 Å². The van der Waals surface area contributed by atoms with Gasteiger partial charge >= 0.3 is 0 Å². The fourth-order valence-electron chi connectivity index (χ4n) is 2.60. The van der Waals surface area contributed by atoms with Crippen LogP contribution in [0.5, 0.6) is 0 Å². The van der Waals surface area contributed by atoms with Crippen molar-refractivity contribution in [3.63, 3.8) is 0 Å². The van der Waals surface area contributed by atoms with Crippen LogP contribution in [0.3, 0.4) is 0 Å². The van der Waals surface area contributed by atoms with Crippen molar-refractivity contribution in [2.45, 2.75) is 13.8 Å². The number of carbonyl (C=O) groups is 2. The highest BCUT2D eigenvalue weighted by Gasteiger charge is 2.23. The lowest BCUT2D eigenvalue weighted by Crippen LogP contribution is -2.48. The quantitative estimate of drug-likeness (QED) is 0.917. The summed E-state index contributed by atoms with van der Waals surface area (Å²) in [5.41, 5.74) is 1.32. The van der Waals surface area contributed by atoms with Crippen molar-refractivity contribution in [2.24, 2.45) is 0 Å². The Balaban J connectivity index is 1.59. The molecule has 1 aliphatic rings. The Morgan fingerprint density at radius 1 is 1.12 bits per heavy atom. The Morgan fingerprint density at radius 2 is 1.79 bits per heavy atom. The van der Waals surface area contributed by atoms with Gasteiger partial charge in [-0.25, -0.2) is 4.98 Å². The Hall–Kier alpha value is -2.48. The molecular weight excluding hydrogens is 326 g/mol. The van der Waals surface area contributed by atoms with Gasteiger partial charge < -0.3 is 15.1 Å². The van der Waals surface area contributed by atoms with Gasteiger partial charge in [0.05, 0.1) is 0 Å². The summed E-state index contributed by atoms with van der Waals surface area (Å²) in [6.45, 7) is 6.16. The Kier molecular flexibility index (Phi) is 4.75. The lowest BCUT2D eigenvalue weighted by molar-refractivity contribution is -0.114. The zero-order valence-corrected chi connectivity index (χ0v) is 14.5. The van der Waals surface area contributed by atoms with Crippen LogP contribution in [0.4, 0.5) is 10.8 Å². The number of rotatable bonds is 3. The number of nitrogens with zero attached hydrogens (tertiary/aromatic N) is 4. The third-order valence-corrected chi connectivity index (χ3v) is 4.67. The van der Waals surface area contributed by atoms with Gasteiger partial charge in [0.1, 0.15) is 5.82 Å². The molecule has 1 aromatic heterocycles. The number of amides is 2. The zero-order chi connectivity index (χ0) is 17.1. The van der Waals surface area contributed by atoms with E-state index in [4.69, 9.17) is 0 Å². The Labute approximate surface area is 144 Å². The van der Waals surface area contributed by atoms with Crippen LogP contribution in [0.15, 0.2) is 24.3 Å². The van der Waals surface area contributed by atoms with E-state index in [1.807, 2.05) is 11.8 Å². The predicted octanol–water partition coefficient (Wildman–Crippen LogP) is 1.77. The number of aromatic nitrogens is 2. The largest absolute Gasteiger partial charge is 0.343 e. The fraction of sp³-hybridized carbons (Fsp3) is 0.375. The number of benzene rings is 1. The number of carbonyl (C=O) groups excluding carboxylic acids is 2. The van der Waals surface area contributed by atoms with E-state index >= 15 is 0 Å². The van der Waals surface area contributed by atoms with Crippen molar-refractivity contribution >= 4 is 34.2 Å². The van der Waals surface area contributed by atoms with Gasteiger partial charge in [-0.2, -0.15) is 4.37 Å². The van der Waals surface area contributed by atoms with Crippen molar-refractivity contribution in [3.8, 4) is 0 Å². The highest BCUT2D eigenvalue weighted by Crippen LogP contribution is 2.19. The van der Waals surface area contributed by atoms with Crippen LogP contribution in [0, 0.1) is 6.92 Å². The molecule has 126 valence electrons. The minimum atomic E-state index is -0.128. The minimum Gasteiger partial charge on any atom is -0.343 e. The smallest absolute Gasteiger partial charge is 0.253 e. The lowest BCUT2D eigenvalue weighted by atomic mass is 10.1. The van der Waals surface area contributed by atoms with E-state index in [-0.39, 0.29) is 11.8 Å². The van der Waals surface area contributed by atoms with Crippen LogP contribution >= 0.6 is 11.5 Å². The number of hydrogen-bond acceptors (Lipinski definition) is 6. The summed E-state index contributed by atoms with van der Waals surface area (Å²) in [5, 5.41) is 3.61. The Bertz CT molecular complexity index is 735. The van der Waals surface area contributed by atoms with E-state index in [9.17, 15) is 9.59 Å². The van der Waals surface area contributed by atoms with E-state index < -0.39 is 0 Å². The number of nitrogens with one attached hydrogen (secondary N) is 1. The van der Waals surface area contributed by atoms with Gasteiger partial charge in [-0.1, -0.05) is 0 Å². The molecule has 3 rings (SSSR count). The summed E-state index contributed by atoms with van der Waals surface area (Å²) in [4.78, 5) is 32.0. The van der Waals surface area contributed by atoms with Crippen molar-refractivity contribution in [3.05, 3.63) is 35.7 Å². The molecule has 7 nitrogen and oxygen atoms in total. The third kappa shape index (κ3) is 3.70. The molecule has 1 saturated heterocycles. The summed E-state index contributed by atoms with van der Waals surface area (Å²) < 4.78 is 4.20. The van der Waals surface area contributed by atoms with E-state index in [2.05, 4.69) is 19.6 Å². The molecule has 24 heavy (non-hydrogen) atoms. The fourth-order valence-corrected chi connectivity index (χ4v) is 3.32. The molecule has 0 unspecified atom stereocenters. The molecule has 2 heterocycles. The average Bonchev–Trinajstić information content (AvgIpc) is 3.01. The monoisotopic (exact) mass is 345 g/mol. The average molecular weight is 345 g/mol. The van der Waals surface area contributed by atoms with E-state index in [0.717, 1.165) is 24.0 Å². The zero-order valence-electron chi connectivity index (χ0n) is 13.7. The van der Waals surface area contributed by atoms with Crippen molar-refractivity contribution < 1.29 is 9.59 Å². The van der Waals surface area contributed by atoms with Crippen LogP contribution in [-0.4, -0.2) is 52.3 Å². The second-order valence-corrected chi connectivity index (χ2v) is 6.39. The standard InChI is InChI=1S/C16H19N5O2S/c1-11-17-16(24-19-11)21-9-7-20(8-10-21)15(23)13-3-5-14(6-4-13)18-12(2)22/h3-6H,7-10H2,1-2H3,(H,18,22). The maximum atomic E-state index is 12.6. The summed E-state index contributed by atoms with van der Waals surface area (Å²) >= 11 is 1.40. The highest BCUT2D eigenvalue weighted by atomic mass is 32.1. The van der Waals surface area contributed by atoms with E-state index in [0.29, 0.717) is 24.3 Å². The molecule has 1 N–H and O–H groups in total. The molecule has 2 aromatic rings. The highest BCUT2D eigenvalue weighted by molar-refractivity contribution is 7.09. The van der Waals surface area contributed by atoms with Crippen LogP contribution in [0.1, 0.15) is 23.1 Å². The van der Waals surface area contributed by atoms with Gasteiger partial charge in [0.15, 0.2) is 0 Å². The lowest BCUT2D eigenvalue weighted by Gasteiger charge is -2.34. The van der Waals surface area contributed by atoms with Gasteiger partial charge in [-0.3, -0.25) is 9.59 Å². The summed E-state index contributed by atoms with van der Waals surface area (Å²) in [6.07, 6.45) is 0. The number of hydrogen-bond donors (Lipinski definition) is 1. The van der Waals surface area contributed by atoms with Gasteiger partial charge in [0, 0.05) is 55.9 Å².